The van der Waals surface area contributed by atoms with Gasteiger partial charge in [0.15, 0.2) is 0 Å². The van der Waals surface area contributed by atoms with E-state index in [9.17, 15) is 18.0 Å². The Labute approximate surface area is 167 Å². The molecule has 4 nitrogen and oxygen atoms in total. The SMILES string of the molecule is C[C@@H](NC(=O)[C@@H]1C[C@H]1c1c(F)cc(F)cc1F)c1ccc(OCCC2CC2)cn1. The monoisotopic (exact) mass is 404 g/mol. The van der Waals surface area contributed by atoms with Gasteiger partial charge in [0.2, 0.25) is 5.91 Å². The second-order valence-corrected chi connectivity index (χ2v) is 7.96. The first kappa shape index (κ1) is 19.7. The number of nitrogens with one attached hydrogen (secondary N) is 1. The van der Waals surface area contributed by atoms with Gasteiger partial charge in [0.1, 0.15) is 23.2 Å². The highest BCUT2D eigenvalue weighted by Gasteiger charge is 2.47. The van der Waals surface area contributed by atoms with Crippen LogP contribution in [0.1, 0.15) is 55.8 Å². The van der Waals surface area contributed by atoms with Gasteiger partial charge in [-0.05, 0) is 37.8 Å². The molecule has 0 unspecified atom stereocenters. The molecule has 3 atom stereocenters. The number of hydrogen-bond acceptors (Lipinski definition) is 3. The number of carbonyl (C=O) groups is 1. The van der Waals surface area contributed by atoms with Crippen molar-refractivity contribution >= 4 is 5.91 Å². The number of amides is 1. The highest BCUT2D eigenvalue weighted by molar-refractivity contribution is 5.83. The van der Waals surface area contributed by atoms with Crippen LogP contribution in [0.2, 0.25) is 0 Å². The molecule has 1 N–H and O–H groups in total. The average molecular weight is 404 g/mol. The third kappa shape index (κ3) is 4.71. The van der Waals surface area contributed by atoms with Gasteiger partial charge < -0.3 is 10.1 Å². The Balaban J connectivity index is 1.30. The van der Waals surface area contributed by atoms with Gasteiger partial charge in [0.25, 0.3) is 0 Å². The second-order valence-electron chi connectivity index (χ2n) is 7.96. The van der Waals surface area contributed by atoms with Gasteiger partial charge in [-0.25, -0.2) is 13.2 Å². The summed E-state index contributed by atoms with van der Waals surface area (Å²) in [5.41, 5.74) is 0.453. The first-order valence-corrected chi connectivity index (χ1v) is 9.96. The van der Waals surface area contributed by atoms with Gasteiger partial charge in [-0.15, -0.1) is 0 Å². The molecule has 1 amide bonds. The third-order valence-corrected chi connectivity index (χ3v) is 5.60. The molecule has 7 heteroatoms. The first-order valence-electron chi connectivity index (χ1n) is 9.96. The van der Waals surface area contributed by atoms with Crippen molar-refractivity contribution in [2.45, 2.75) is 44.6 Å². The standard InChI is InChI=1S/C22H23F3N2O2/c1-12(20-5-4-15(11-26-20)29-7-6-13-2-3-13)27-22(28)17-10-16(17)21-18(24)8-14(23)9-19(21)25/h4-5,8-9,11-13,16-17H,2-3,6-7,10H2,1H3,(H,27,28)/t12-,16-,17-/m1/s1. The Hall–Kier alpha value is -2.57. The largest absolute Gasteiger partial charge is 0.492 e. The molecule has 0 bridgehead atoms. The van der Waals surface area contributed by atoms with Crippen molar-refractivity contribution in [3.05, 3.63) is 59.2 Å². The Morgan fingerprint density at radius 3 is 2.59 bits per heavy atom. The molecule has 2 aromatic rings. The molecule has 2 saturated carbocycles. The van der Waals surface area contributed by atoms with E-state index in [4.69, 9.17) is 4.74 Å². The lowest BCUT2D eigenvalue weighted by Crippen LogP contribution is -2.29. The van der Waals surface area contributed by atoms with Crippen LogP contribution in [0.5, 0.6) is 5.75 Å². The molecule has 0 aliphatic heterocycles. The zero-order valence-electron chi connectivity index (χ0n) is 16.1. The molecule has 0 radical (unpaired) electrons. The van der Waals surface area contributed by atoms with Gasteiger partial charge in [-0.1, -0.05) is 12.8 Å². The summed E-state index contributed by atoms with van der Waals surface area (Å²) in [4.78, 5) is 16.8. The van der Waals surface area contributed by atoms with Crippen LogP contribution < -0.4 is 10.1 Å². The molecular formula is C22H23F3N2O2. The minimum Gasteiger partial charge on any atom is -0.492 e. The maximum absolute atomic E-state index is 13.9. The van der Waals surface area contributed by atoms with Crippen molar-refractivity contribution in [2.75, 3.05) is 6.61 Å². The number of carbonyl (C=O) groups excluding carboxylic acids is 1. The number of nitrogens with zero attached hydrogens (tertiary/aromatic N) is 1. The van der Waals surface area contributed by atoms with Crippen molar-refractivity contribution in [3.8, 4) is 5.75 Å². The number of benzene rings is 1. The van der Waals surface area contributed by atoms with Crippen LogP contribution in [0, 0.1) is 29.3 Å². The fraction of sp³-hybridized carbons (Fsp3) is 0.455. The fourth-order valence-electron chi connectivity index (χ4n) is 3.59. The minimum absolute atomic E-state index is 0.218. The molecule has 0 saturated heterocycles. The maximum Gasteiger partial charge on any atom is 0.224 e. The molecule has 1 heterocycles. The van der Waals surface area contributed by atoms with Crippen molar-refractivity contribution in [3.63, 3.8) is 0 Å². The number of aromatic nitrogens is 1. The number of rotatable bonds is 8. The topological polar surface area (TPSA) is 51.2 Å². The van der Waals surface area contributed by atoms with Crippen LogP contribution in [0.3, 0.4) is 0 Å². The number of ether oxygens (including phenoxy) is 1. The smallest absolute Gasteiger partial charge is 0.224 e. The van der Waals surface area contributed by atoms with Gasteiger partial charge in [0.05, 0.1) is 24.5 Å². The predicted molar refractivity (Wildman–Crippen MR) is 101 cm³/mol. The molecule has 2 aliphatic carbocycles. The second kappa shape index (κ2) is 8.05. The lowest BCUT2D eigenvalue weighted by atomic mass is 10.1. The Kier molecular flexibility index (Phi) is 5.48. The van der Waals surface area contributed by atoms with Crippen molar-refractivity contribution in [1.82, 2.24) is 10.3 Å². The Morgan fingerprint density at radius 2 is 1.97 bits per heavy atom. The Bertz CT molecular complexity index is 876. The van der Waals surface area contributed by atoms with E-state index in [0.29, 0.717) is 36.6 Å². The summed E-state index contributed by atoms with van der Waals surface area (Å²) in [6, 6.07) is 4.55. The van der Waals surface area contributed by atoms with Crippen molar-refractivity contribution in [2.24, 2.45) is 11.8 Å². The molecule has 1 aromatic heterocycles. The van der Waals surface area contributed by atoms with E-state index in [1.807, 2.05) is 6.07 Å². The number of pyridine rings is 1. The van der Waals surface area contributed by atoms with Gasteiger partial charge in [0, 0.05) is 29.5 Å². The summed E-state index contributed by atoms with van der Waals surface area (Å²) in [7, 11) is 0. The van der Waals surface area contributed by atoms with E-state index in [1.165, 1.54) is 12.8 Å². The van der Waals surface area contributed by atoms with E-state index < -0.39 is 29.3 Å². The van der Waals surface area contributed by atoms with Gasteiger partial charge >= 0.3 is 0 Å². The summed E-state index contributed by atoms with van der Waals surface area (Å²) < 4.78 is 46.5. The average Bonchev–Trinajstić information content (AvgIpc) is 3.57. The molecule has 154 valence electrons. The van der Waals surface area contributed by atoms with Gasteiger partial charge in [-0.2, -0.15) is 0 Å². The minimum atomic E-state index is -0.968. The van der Waals surface area contributed by atoms with Crippen LogP contribution in [0.4, 0.5) is 13.2 Å². The molecule has 4 rings (SSSR count). The molecule has 2 aliphatic rings. The fourth-order valence-corrected chi connectivity index (χ4v) is 3.59. The Morgan fingerprint density at radius 1 is 1.24 bits per heavy atom. The van der Waals surface area contributed by atoms with Crippen molar-refractivity contribution in [1.29, 1.82) is 0 Å². The van der Waals surface area contributed by atoms with Gasteiger partial charge in [-0.3, -0.25) is 9.78 Å². The lowest BCUT2D eigenvalue weighted by molar-refractivity contribution is -0.123. The molecule has 0 spiro atoms. The summed E-state index contributed by atoms with van der Waals surface area (Å²) in [5.74, 6) is -2.76. The summed E-state index contributed by atoms with van der Waals surface area (Å²) in [6.45, 7) is 2.47. The molecule has 29 heavy (non-hydrogen) atoms. The third-order valence-electron chi connectivity index (χ3n) is 5.60. The lowest BCUT2D eigenvalue weighted by Gasteiger charge is -2.14. The maximum atomic E-state index is 13.9. The number of hydrogen-bond donors (Lipinski definition) is 1. The molecular weight excluding hydrogens is 381 g/mol. The van der Waals surface area contributed by atoms with E-state index in [0.717, 1.165) is 12.3 Å². The summed E-state index contributed by atoms with van der Waals surface area (Å²) in [5, 5.41) is 2.83. The van der Waals surface area contributed by atoms with E-state index >= 15 is 0 Å². The van der Waals surface area contributed by atoms with Crippen LogP contribution in [0.25, 0.3) is 0 Å². The molecule has 2 fully saturated rings. The van der Waals surface area contributed by atoms with Crippen LogP contribution in [0.15, 0.2) is 30.5 Å². The van der Waals surface area contributed by atoms with Crippen LogP contribution >= 0.6 is 0 Å². The first-order chi connectivity index (χ1) is 13.9. The zero-order valence-corrected chi connectivity index (χ0v) is 16.1. The van der Waals surface area contributed by atoms with Crippen molar-refractivity contribution < 1.29 is 22.7 Å². The highest BCUT2D eigenvalue weighted by atomic mass is 19.1. The highest BCUT2D eigenvalue weighted by Crippen LogP contribution is 2.49. The summed E-state index contributed by atoms with van der Waals surface area (Å²) in [6.07, 6.45) is 5.61. The number of halogens is 3. The van der Waals surface area contributed by atoms with E-state index in [1.54, 1.807) is 19.2 Å². The van der Waals surface area contributed by atoms with E-state index in [-0.39, 0.29) is 17.5 Å². The van der Waals surface area contributed by atoms with Crippen LogP contribution in [-0.4, -0.2) is 17.5 Å². The predicted octanol–water partition coefficient (Wildman–Crippen LogP) is 4.66. The van der Waals surface area contributed by atoms with E-state index in [2.05, 4.69) is 10.3 Å². The molecule has 1 aromatic carbocycles. The summed E-state index contributed by atoms with van der Waals surface area (Å²) >= 11 is 0. The zero-order chi connectivity index (χ0) is 20.5. The quantitative estimate of drug-likeness (QED) is 0.696. The van der Waals surface area contributed by atoms with Crippen LogP contribution in [-0.2, 0) is 4.79 Å². The normalized spacial score (nSPS) is 21.5.